The second kappa shape index (κ2) is 6.20. The second-order valence-corrected chi connectivity index (χ2v) is 4.59. The van der Waals surface area contributed by atoms with Gasteiger partial charge in [0.1, 0.15) is 5.82 Å². The Balaban J connectivity index is 2.06. The number of nitrogens with one attached hydrogen (secondary N) is 2. The summed E-state index contributed by atoms with van der Waals surface area (Å²) >= 11 is 3.20. The van der Waals surface area contributed by atoms with Crippen molar-refractivity contribution in [3.05, 3.63) is 62.2 Å². The average Bonchev–Trinajstić information content (AvgIpc) is 2.43. The van der Waals surface area contributed by atoms with Crippen LogP contribution in [0.5, 0.6) is 0 Å². The summed E-state index contributed by atoms with van der Waals surface area (Å²) in [4.78, 5) is 22.4. The average molecular weight is 339 g/mol. The van der Waals surface area contributed by atoms with Crippen LogP contribution in [0.3, 0.4) is 0 Å². The molecule has 1 heterocycles. The fourth-order valence-electron chi connectivity index (χ4n) is 1.30. The normalized spacial score (nSPS) is 10.7. The maximum absolute atomic E-state index is 13.4. The largest absolute Gasteiger partial charge is 0.291 e. The first-order valence-corrected chi connectivity index (χ1v) is 6.20. The number of hydrogen-bond acceptors (Lipinski definition) is 4. The molecule has 0 aliphatic rings. The molecule has 102 valence electrons. The maximum atomic E-state index is 13.4. The lowest BCUT2D eigenvalue weighted by Gasteiger charge is -1.99. The van der Waals surface area contributed by atoms with Gasteiger partial charge in [0.2, 0.25) is 0 Å². The molecule has 6 nitrogen and oxygen atoms in total. The molecule has 8 heteroatoms. The predicted octanol–water partition coefficient (Wildman–Crippen LogP) is 1.44. The number of H-pyrrole nitrogens is 1. The Morgan fingerprint density at radius 2 is 2.20 bits per heavy atom. The summed E-state index contributed by atoms with van der Waals surface area (Å²) in [6.45, 7) is 0. The van der Waals surface area contributed by atoms with Crippen molar-refractivity contribution in [2.45, 2.75) is 0 Å². The first-order chi connectivity index (χ1) is 9.56. The van der Waals surface area contributed by atoms with Crippen LogP contribution in [-0.2, 0) is 0 Å². The Bertz CT molecular complexity index is 709. The lowest BCUT2D eigenvalue weighted by Crippen LogP contribution is -2.21. The van der Waals surface area contributed by atoms with Crippen LogP contribution in [0, 0.1) is 5.82 Å². The molecular weight excluding hydrogens is 331 g/mol. The van der Waals surface area contributed by atoms with E-state index in [1.54, 1.807) is 6.07 Å². The summed E-state index contributed by atoms with van der Waals surface area (Å²) < 4.78 is 14.1. The summed E-state index contributed by atoms with van der Waals surface area (Å²) in [5.74, 6) is -1.08. The van der Waals surface area contributed by atoms with Gasteiger partial charge in [-0.05, 0) is 24.3 Å². The molecule has 1 amide bonds. The number of carbonyl (C=O) groups excluding carboxylic acids is 1. The monoisotopic (exact) mass is 338 g/mol. The van der Waals surface area contributed by atoms with Crippen molar-refractivity contribution in [1.82, 2.24) is 15.6 Å². The van der Waals surface area contributed by atoms with E-state index < -0.39 is 17.3 Å². The summed E-state index contributed by atoms with van der Waals surface area (Å²) in [5, 5.41) is 9.28. The molecule has 0 aliphatic heterocycles. The van der Waals surface area contributed by atoms with Gasteiger partial charge in [-0.1, -0.05) is 15.9 Å². The number of hydrazone groups is 1. The molecule has 1 aromatic heterocycles. The summed E-state index contributed by atoms with van der Waals surface area (Å²) in [6, 6.07) is 6.76. The van der Waals surface area contributed by atoms with Gasteiger partial charge >= 0.3 is 0 Å². The van der Waals surface area contributed by atoms with Crippen LogP contribution < -0.4 is 11.0 Å². The maximum Gasteiger partial charge on any atom is 0.291 e. The van der Waals surface area contributed by atoms with E-state index in [0.29, 0.717) is 4.47 Å². The van der Waals surface area contributed by atoms with Crippen molar-refractivity contribution in [2.75, 3.05) is 0 Å². The van der Waals surface area contributed by atoms with E-state index in [0.717, 1.165) is 0 Å². The molecule has 0 unspecified atom stereocenters. The van der Waals surface area contributed by atoms with Gasteiger partial charge in [-0.25, -0.2) is 14.9 Å². The standard InChI is InChI=1S/C12H8BrFN4O2/c13-8-1-2-9(14)7(5-8)6-15-18-12(20)10-3-4-11(19)17-16-10/h1-6H,(H,17,19)(H,18,20)/b15-6-. The van der Waals surface area contributed by atoms with Gasteiger partial charge in [-0.3, -0.25) is 9.59 Å². The van der Waals surface area contributed by atoms with Gasteiger partial charge in [-0.15, -0.1) is 0 Å². The van der Waals surface area contributed by atoms with Gasteiger partial charge in [0, 0.05) is 16.1 Å². The van der Waals surface area contributed by atoms with Crippen molar-refractivity contribution >= 4 is 28.1 Å². The van der Waals surface area contributed by atoms with E-state index >= 15 is 0 Å². The minimum Gasteiger partial charge on any atom is -0.268 e. The molecule has 0 radical (unpaired) electrons. The fourth-order valence-corrected chi connectivity index (χ4v) is 1.68. The molecule has 0 fully saturated rings. The number of aromatic amines is 1. The van der Waals surface area contributed by atoms with Gasteiger partial charge in [0.15, 0.2) is 5.69 Å². The number of carbonyl (C=O) groups is 1. The third-order valence-corrected chi connectivity index (χ3v) is 2.73. The number of hydrogen-bond donors (Lipinski definition) is 2. The van der Waals surface area contributed by atoms with Crippen molar-refractivity contribution in [3.63, 3.8) is 0 Å². The van der Waals surface area contributed by atoms with Crippen LogP contribution in [0.4, 0.5) is 4.39 Å². The van der Waals surface area contributed by atoms with Crippen LogP contribution in [0.1, 0.15) is 16.1 Å². The molecule has 0 atom stereocenters. The molecule has 0 bridgehead atoms. The van der Waals surface area contributed by atoms with Crippen LogP contribution >= 0.6 is 15.9 Å². The van der Waals surface area contributed by atoms with E-state index in [2.05, 4.69) is 36.7 Å². The summed E-state index contributed by atoms with van der Waals surface area (Å²) in [5.41, 5.74) is 1.98. The predicted molar refractivity (Wildman–Crippen MR) is 74.0 cm³/mol. The zero-order valence-electron chi connectivity index (χ0n) is 9.93. The topological polar surface area (TPSA) is 87.2 Å². The molecule has 2 aromatic rings. The molecule has 0 saturated carbocycles. The summed E-state index contributed by atoms with van der Waals surface area (Å²) in [6.07, 6.45) is 1.17. The first-order valence-electron chi connectivity index (χ1n) is 5.40. The Morgan fingerprint density at radius 3 is 2.90 bits per heavy atom. The number of rotatable bonds is 3. The van der Waals surface area contributed by atoms with Gasteiger partial charge < -0.3 is 0 Å². The SMILES string of the molecule is O=C(N/N=C\c1cc(Br)ccc1F)c1ccc(=O)[nH]n1. The molecular formula is C12H8BrFN4O2. The molecule has 20 heavy (non-hydrogen) atoms. The van der Waals surface area contributed by atoms with Gasteiger partial charge in [0.05, 0.1) is 6.21 Å². The van der Waals surface area contributed by atoms with Crippen molar-refractivity contribution < 1.29 is 9.18 Å². The lowest BCUT2D eigenvalue weighted by molar-refractivity contribution is 0.0949. The van der Waals surface area contributed by atoms with E-state index in [9.17, 15) is 14.0 Å². The fraction of sp³-hybridized carbons (Fsp3) is 0. The highest BCUT2D eigenvalue weighted by Gasteiger charge is 2.05. The molecule has 2 N–H and O–H groups in total. The highest BCUT2D eigenvalue weighted by molar-refractivity contribution is 9.10. The number of halogens is 2. The number of benzene rings is 1. The Morgan fingerprint density at radius 1 is 1.40 bits per heavy atom. The smallest absolute Gasteiger partial charge is 0.268 e. The number of nitrogens with zero attached hydrogens (tertiary/aromatic N) is 2. The minimum absolute atomic E-state index is 0.00327. The zero-order chi connectivity index (χ0) is 14.5. The minimum atomic E-state index is -0.618. The molecule has 0 saturated heterocycles. The van der Waals surface area contributed by atoms with E-state index in [1.165, 1.54) is 30.5 Å². The van der Waals surface area contributed by atoms with Gasteiger partial charge in [-0.2, -0.15) is 10.2 Å². The zero-order valence-corrected chi connectivity index (χ0v) is 11.5. The molecule has 1 aromatic carbocycles. The van der Waals surface area contributed by atoms with Crippen LogP contribution in [0.15, 0.2) is 44.7 Å². The Hall–Kier alpha value is -2.35. The van der Waals surface area contributed by atoms with Gasteiger partial charge in [0.25, 0.3) is 11.5 Å². The van der Waals surface area contributed by atoms with E-state index in [4.69, 9.17) is 0 Å². The lowest BCUT2D eigenvalue weighted by atomic mass is 10.2. The van der Waals surface area contributed by atoms with Crippen molar-refractivity contribution in [3.8, 4) is 0 Å². The summed E-state index contributed by atoms with van der Waals surface area (Å²) in [7, 11) is 0. The highest BCUT2D eigenvalue weighted by atomic mass is 79.9. The van der Waals surface area contributed by atoms with Crippen molar-refractivity contribution in [2.24, 2.45) is 5.10 Å². The van der Waals surface area contributed by atoms with Crippen LogP contribution in [0.25, 0.3) is 0 Å². The van der Waals surface area contributed by atoms with E-state index in [-0.39, 0.29) is 11.3 Å². The molecule has 0 spiro atoms. The highest BCUT2D eigenvalue weighted by Crippen LogP contribution is 2.13. The van der Waals surface area contributed by atoms with Crippen molar-refractivity contribution in [1.29, 1.82) is 0 Å². The third kappa shape index (κ3) is 3.58. The van der Waals surface area contributed by atoms with Crippen LogP contribution in [0.2, 0.25) is 0 Å². The van der Waals surface area contributed by atoms with E-state index in [1.807, 2.05) is 0 Å². The van der Waals surface area contributed by atoms with Crippen LogP contribution in [-0.4, -0.2) is 22.3 Å². The molecule has 2 rings (SSSR count). The second-order valence-electron chi connectivity index (χ2n) is 3.67. The molecule has 0 aliphatic carbocycles. The first kappa shape index (κ1) is 14.1. The number of aromatic nitrogens is 2. The number of amides is 1. The Labute approximate surface area is 120 Å². The quantitative estimate of drug-likeness (QED) is 0.655. The third-order valence-electron chi connectivity index (χ3n) is 2.24. The Kier molecular flexibility index (Phi) is 4.36.